The molecule has 0 aliphatic heterocycles. The third kappa shape index (κ3) is 7.08. The van der Waals surface area contributed by atoms with Gasteiger partial charge in [0.15, 0.2) is 5.82 Å². The van der Waals surface area contributed by atoms with Gasteiger partial charge < -0.3 is 9.47 Å². The molecule has 0 saturated heterocycles. The van der Waals surface area contributed by atoms with E-state index in [2.05, 4.69) is 51.8 Å². The van der Waals surface area contributed by atoms with E-state index in [-0.39, 0.29) is 21.5 Å². The van der Waals surface area contributed by atoms with Gasteiger partial charge in [0.25, 0.3) is 10.2 Å². The number of halogens is 2. The van der Waals surface area contributed by atoms with Crippen molar-refractivity contribution in [3.63, 3.8) is 0 Å². The van der Waals surface area contributed by atoms with Crippen molar-refractivity contribution in [2.24, 2.45) is 0 Å². The van der Waals surface area contributed by atoms with Crippen molar-refractivity contribution in [1.29, 1.82) is 0 Å². The zero-order chi connectivity index (χ0) is 32.6. The first-order valence-corrected chi connectivity index (χ1v) is 11.4. The number of aromatic nitrogens is 4. The van der Waals surface area contributed by atoms with Crippen molar-refractivity contribution in [1.82, 2.24) is 24.7 Å². The molecule has 0 aliphatic rings. The first-order chi connectivity index (χ1) is 19.6. The van der Waals surface area contributed by atoms with Crippen LogP contribution < -0.4 is 18.9 Å². The maximum absolute atomic E-state index is 12.9. The van der Waals surface area contributed by atoms with Crippen LogP contribution in [0.2, 0.25) is 0 Å². The van der Waals surface area contributed by atoms with Crippen LogP contribution in [0.1, 0.15) is 28.3 Å². The van der Waals surface area contributed by atoms with Gasteiger partial charge in [0, 0.05) is 32.9 Å². The van der Waals surface area contributed by atoms with E-state index in [1.165, 1.54) is 16.9 Å². The molecule has 0 bridgehead atoms. The molecule has 0 saturated carbocycles. The first kappa shape index (κ1) is 13.4. The van der Waals surface area contributed by atoms with Gasteiger partial charge in [-0.1, -0.05) is 34.9 Å². The van der Waals surface area contributed by atoms with Gasteiger partial charge in [-0.2, -0.15) is 13.1 Å². The molecule has 32 heavy (non-hydrogen) atoms. The maximum Gasteiger partial charge on any atom is 0.316 e. The predicted octanol–water partition coefficient (Wildman–Crippen LogP) is 3.57. The third-order valence-corrected chi connectivity index (χ3v) is 5.07. The van der Waals surface area contributed by atoms with Crippen LogP contribution in [0.3, 0.4) is 0 Å². The molecule has 10 nitrogen and oxygen atoms in total. The largest absolute Gasteiger partial charge is 0.473 e. The van der Waals surface area contributed by atoms with Gasteiger partial charge >= 0.3 is 6.01 Å². The molecule has 0 unspecified atom stereocenters. The summed E-state index contributed by atoms with van der Waals surface area (Å²) in [7, 11) is -5.06. The van der Waals surface area contributed by atoms with E-state index in [4.69, 9.17) is 24.6 Å². The van der Waals surface area contributed by atoms with Crippen molar-refractivity contribution in [3.05, 3.63) is 51.9 Å². The van der Waals surface area contributed by atoms with Crippen molar-refractivity contribution < 1.29 is 33.0 Å². The molecule has 0 atom stereocenters. The molecule has 3 rings (SSSR count). The molecular weight excluding hydrogens is 568 g/mol. The highest BCUT2D eigenvalue weighted by molar-refractivity contribution is 9.10. The van der Waals surface area contributed by atoms with Crippen LogP contribution in [0.25, 0.3) is 11.1 Å². The van der Waals surface area contributed by atoms with Gasteiger partial charge in [-0.15, -0.1) is 0 Å². The Hall–Kier alpha value is -2.35. The Morgan fingerprint density at radius 2 is 1.84 bits per heavy atom. The van der Waals surface area contributed by atoms with Crippen LogP contribution in [-0.2, 0) is 10.2 Å². The minimum Gasteiger partial charge on any atom is -0.473 e. The SMILES string of the molecule is [2H]c1nc(OC([2H])([2H])COc2ncnc(NS(=O)(=O)NC([2H])([2H])C([2H])([2H])C([2H])([2H])[2H])c2-c2ccc(Br)cc2)nc([2H])c1Br. The van der Waals surface area contributed by atoms with Gasteiger partial charge in [-0.3, -0.25) is 4.72 Å². The Labute approximate surface area is 218 Å². The summed E-state index contributed by atoms with van der Waals surface area (Å²) in [6.07, 6.45) is -3.67. The monoisotopic (exact) mass is 597 g/mol. The molecule has 2 aromatic heterocycles. The van der Waals surface area contributed by atoms with Gasteiger partial charge in [0.2, 0.25) is 5.88 Å². The third-order valence-electron chi connectivity index (χ3n) is 3.36. The summed E-state index contributed by atoms with van der Waals surface area (Å²) >= 11 is 6.20. The Balaban J connectivity index is 1.96. The fraction of sp³-hybridized carbons (Fsp3) is 0.263. The van der Waals surface area contributed by atoms with E-state index < -0.39 is 67.3 Å². The van der Waals surface area contributed by atoms with E-state index >= 15 is 0 Å². The summed E-state index contributed by atoms with van der Waals surface area (Å²) in [5.41, 5.74) is 0.0603. The lowest BCUT2D eigenvalue weighted by molar-refractivity contribution is 0.202. The summed E-state index contributed by atoms with van der Waals surface area (Å²) in [6, 6.07) is 5.47. The van der Waals surface area contributed by atoms with Crippen LogP contribution in [0.15, 0.2) is 51.9 Å². The number of hydrogen-bond donors (Lipinski definition) is 2. The summed E-state index contributed by atoms with van der Waals surface area (Å²) in [5.74, 6) is -0.914. The van der Waals surface area contributed by atoms with Crippen LogP contribution in [0.4, 0.5) is 5.82 Å². The van der Waals surface area contributed by atoms with E-state index in [1.807, 2.05) is 4.72 Å². The topological polar surface area (TPSA) is 128 Å². The summed E-state index contributed by atoms with van der Waals surface area (Å²) in [4.78, 5) is 15.0. The van der Waals surface area contributed by atoms with Crippen LogP contribution in [0, 0.1) is 0 Å². The van der Waals surface area contributed by atoms with Crippen molar-refractivity contribution in [2.45, 2.75) is 13.2 Å². The Morgan fingerprint density at radius 1 is 1.09 bits per heavy atom. The molecule has 2 heterocycles. The fourth-order valence-electron chi connectivity index (χ4n) is 2.16. The zero-order valence-electron chi connectivity index (χ0n) is 26.7. The van der Waals surface area contributed by atoms with Crippen LogP contribution in [-0.4, -0.2) is 48.0 Å². The number of benzene rings is 1. The standard InChI is InChI=1S/C19H20Br2N6O4S/c1-2-7-26-32(28,29)27-17-16(13-3-5-14(20)6-4-13)18(25-12-24-17)30-8-9-31-19-22-10-15(21)11-23-19/h3-6,10-12,26H,2,7-9H2,1H3,(H,24,25,27)/i1D3,2D2,7D2,9D2,10D,11D. The molecule has 0 spiro atoms. The number of rotatable bonds is 11. The number of hydrogen-bond acceptors (Lipinski definition) is 8. The molecule has 13 heteroatoms. The Morgan fingerprint density at radius 3 is 2.56 bits per heavy atom. The number of nitrogens with zero attached hydrogens (tertiary/aromatic N) is 4. The molecule has 0 aliphatic carbocycles. The highest BCUT2D eigenvalue weighted by atomic mass is 79.9. The van der Waals surface area contributed by atoms with Crippen LogP contribution in [0.5, 0.6) is 11.9 Å². The zero-order valence-corrected chi connectivity index (χ0v) is 19.7. The molecule has 3 aromatic rings. The normalized spacial score (nSPS) is 18.0. The van der Waals surface area contributed by atoms with E-state index in [1.54, 1.807) is 12.1 Å². The summed E-state index contributed by atoms with van der Waals surface area (Å²) in [5, 5.41) is 0. The Bertz CT molecular complexity index is 1580. The number of ether oxygens (including phenoxy) is 2. The number of anilines is 1. The average Bonchev–Trinajstić information content (AvgIpc) is 2.85. The lowest BCUT2D eigenvalue weighted by Gasteiger charge is -2.15. The average molecular weight is 599 g/mol. The molecule has 0 fully saturated rings. The summed E-state index contributed by atoms with van der Waals surface area (Å²) in [6.45, 7) is -10.7. The highest BCUT2D eigenvalue weighted by Crippen LogP contribution is 2.34. The second-order valence-corrected chi connectivity index (χ2v) is 8.57. The lowest BCUT2D eigenvalue weighted by atomic mass is 10.1. The van der Waals surface area contributed by atoms with Crippen molar-refractivity contribution in [2.75, 3.05) is 24.4 Å². The van der Waals surface area contributed by atoms with Gasteiger partial charge in [0.1, 0.15) is 19.5 Å². The van der Waals surface area contributed by atoms with Crippen LogP contribution >= 0.6 is 31.9 Å². The molecule has 170 valence electrons. The molecule has 0 amide bonds. The highest BCUT2D eigenvalue weighted by Gasteiger charge is 2.19. The first-order valence-electron chi connectivity index (χ1n) is 13.8. The summed E-state index contributed by atoms with van der Waals surface area (Å²) < 4.78 is 125. The van der Waals surface area contributed by atoms with E-state index in [0.717, 1.165) is 6.33 Å². The predicted molar refractivity (Wildman–Crippen MR) is 127 cm³/mol. The Kier molecular flexibility index (Phi) is 4.81. The van der Waals surface area contributed by atoms with Gasteiger partial charge in [0.05, 0.1) is 15.5 Å². The van der Waals surface area contributed by atoms with E-state index in [9.17, 15) is 8.42 Å². The second kappa shape index (κ2) is 11.5. The van der Waals surface area contributed by atoms with Gasteiger partial charge in [-0.25, -0.2) is 19.9 Å². The lowest BCUT2D eigenvalue weighted by Crippen LogP contribution is -2.31. The molecule has 0 radical (unpaired) electrons. The maximum atomic E-state index is 12.9. The minimum atomic E-state index is -5.06. The molecule has 1 aromatic carbocycles. The van der Waals surface area contributed by atoms with Gasteiger partial charge in [-0.05, 0) is 40.0 Å². The van der Waals surface area contributed by atoms with Crippen molar-refractivity contribution >= 4 is 47.9 Å². The van der Waals surface area contributed by atoms with E-state index in [0.29, 0.717) is 4.47 Å². The minimum absolute atomic E-state index is 0.0381. The molecular formula is C19H20Br2N6O4S. The number of nitrogens with one attached hydrogen (secondary N) is 2. The molecule has 2 N–H and O–H groups in total. The smallest absolute Gasteiger partial charge is 0.316 e. The quantitative estimate of drug-likeness (QED) is 0.343. The van der Waals surface area contributed by atoms with Crippen molar-refractivity contribution in [3.8, 4) is 23.0 Å². The second-order valence-electron chi connectivity index (χ2n) is 5.45. The fourth-order valence-corrected chi connectivity index (χ4v) is 3.25.